The van der Waals surface area contributed by atoms with Crippen LogP contribution in [0.5, 0.6) is 5.75 Å². The summed E-state index contributed by atoms with van der Waals surface area (Å²) in [5.41, 5.74) is 2.46. The molecule has 0 saturated heterocycles. The summed E-state index contributed by atoms with van der Waals surface area (Å²) in [5.74, 6) is 0.561. The van der Waals surface area contributed by atoms with Gasteiger partial charge in [-0.25, -0.2) is 0 Å². The van der Waals surface area contributed by atoms with Gasteiger partial charge in [0.2, 0.25) is 0 Å². The fourth-order valence-corrected chi connectivity index (χ4v) is 1.66. The third-order valence-electron chi connectivity index (χ3n) is 2.41. The largest absolute Gasteiger partial charge is 0.482 e. The molecule has 0 unspecified atom stereocenters. The van der Waals surface area contributed by atoms with Crippen molar-refractivity contribution in [2.24, 2.45) is 0 Å². The molecule has 2 N–H and O–H groups in total. The summed E-state index contributed by atoms with van der Waals surface area (Å²) in [5, 5.41) is 9.58. The van der Waals surface area contributed by atoms with Gasteiger partial charge in [-0.1, -0.05) is 0 Å². The Labute approximate surface area is 91.4 Å². The quantitative estimate of drug-likeness (QED) is 0.755. The zero-order valence-corrected chi connectivity index (χ0v) is 8.36. The van der Waals surface area contributed by atoms with Crippen molar-refractivity contribution in [3.8, 4) is 17.0 Å². The van der Waals surface area contributed by atoms with Crippen molar-refractivity contribution in [2.45, 2.75) is 0 Å². The van der Waals surface area contributed by atoms with E-state index in [4.69, 9.17) is 4.74 Å². The van der Waals surface area contributed by atoms with E-state index in [1.165, 1.54) is 0 Å². The van der Waals surface area contributed by atoms with Crippen molar-refractivity contribution in [3.63, 3.8) is 0 Å². The number of aromatic amines is 1. The van der Waals surface area contributed by atoms with Gasteiger partial charge < -0.3 is 10.1 Å². The number of fused-ring (bicyclic) bond motifs is 1. The van der Waals surface area contributed by atoms with Crippen molar-refractivity contribution in [1.29, 1.82) is 0 Å². The lowest BCUT2D eigenvalue weighted by Gasteiger charge is -2.18. The highest BCUT2D eigenvalue weighted by Gasteiger charge is 2.16. The third-order valence-corrected chi connectivity index (χ3v) is 2.41. The van der Waals surface area contributed by atoms with Crippen molar-refractivity contribution in [1.82, 2.24) is 10.2 Å². The number of hydrogen-bond acceptors (Lipinski definition) is 3. The van der Waals surface area contributed by atoms with E-state index in [1.54, 1.807) is 6.20 Å². The average molecular weight is 215 g/mol. The molecule has 5 heteroatoms. The van der Waals surface area contributed by atoms with Crippen LogP contribution in [-0.4, -0.2) is 22.7 Å². The fraction of sp³-hybridized carbons (Fsp3) is 0.0909. The van der Waals surface area contributed by atoms with E-state index >= 15 is 0 Å². The second-order valence-corrected chi connectivity index (χ2v) is 3.51. The summed E-state index contributed by atoms with van der Waals surface area (Å²) in [6.07, 6.45) is 1.75. The number of anilines is 1. The Morgan fingerprint density at radius 2 is 2.25 bits per heavy atom. The maximum absolute atomic E-state index is 11.2. The number of aromatic nitrogens is 2. The Morgan fingerprint density at radius 3 is 3.06 bits per heavy atom. The summed E-state index contributed by atoms with van der Waals surface area (Å²) >= 11 is 0. The van der Waals surface area contributed by atoms with Crippen molar-refractivity contribution in [2.75, 3.05) is 11.9 Å². The van der Waals surface area contributed by atoms with Gasteiger partial charge in [0, 0.05) is 11.8 Å². The molecule has 80 valence electrons. The maximum atomic E-state index is 11.2. The van der Waals surface area contributed by atoms with E-state index < -0.39 is 0 Å². The normalized spacial score (nSPS) is 13.9. The van der Waals surface area contributed by atoms with Crippen LogP contribution in [0.4, 0.5) is 5.69 Å². The first-order chi connectivity index (χ1) is 7.83. The van der Waals surface area contributed by atoms with Crippen LogP contribution in [0.1, 0.15) is 0 Å². The Balaban J connectivity index is 2.04. The number of amides is 1. The minimum absolute atomic E-state index is 0.0781. The molecule has 3 rings (SSSR count). The first-order valence-corrected chi connectivity index (χ1v) is 4.90. The summed E-state index contributed by atoms with van der Waals surface area (Å²) in [6, 6.07) is 7.46. The maximum Gasteiger partial charge on any atom is 0.262 e. The van der Waals surface area contributed by atoms with Gasteiger partial charge in [-0.05, 0) is 24.3 Å². The molecule has 0 radical (unpaired) electrons. The fourth-order valence-electron chi connectivity index (χ4n) is 1.66. The lowest BCUT2D eigenvalue weighted by atomic mass is 10.1. The number of carbonyl (C=O) groups is 1. The van der Waals surface area contributed by atoms with Gasteiger partial charge in [-0.15, -0.1) is 0 Å². The number of nitrogens with zero attached hydrogens (tertiary/aromatic N) is 1. The van der Waals surface area contributed by atoms with E-state index in [1.807, 2.05) is 24.3 Å². The summed E-state index contributed by atoms with van der Waals surface area (Å²) in [6.45, 7) is 0.0781. The van der Waals surface area contributed by atoms with Gasteiger partial charge >= 0.3 is 0 Å². The standard InChI is InChI=1S/C11H9N3O2/c15-11-6-16-10-2-1-7(5-9(10)13-11)8-3-4-12-14-8/h1-5H,6H2,(H,12,14)(H,13,15). The van der Waals surface area contributed by atoms with Crippen molar-refractivity contribution >= 4 is 11.6 Å². The van der Waals surface area contributed by atoms with E-state index in [-0.39, 0.29) is 12.5 Å². The van der Waals surface area contributed by atoms with Crippen molar-refractivity contribution < 1.29 is 9.53 Å². The number of ether oxygens (including phenoxy) is 1. The van der Waals surface area contributed by atoms with Crippen LogP contribution >= 0.6 is 0 Å². The molecular formula is C11H9N3O2. The number of nitrogens with one attached hydrogen (secondary N) is 2. The molecule has 0 saturated carbocycles. The Morgan fingerprint density at radius 1 is 1.31 bits per heavy atom. The number of hydrogen-bond donors (Lipinski definition) is 2. The second-order valence-electron chi connectivity index (χ2n) is 3.51. The van der Waals surface area contributed by atoms with E-state index in [0.717, 1.165) is 11.3 Å². The Kier molecular flexibility index (Phi) is 1.89. The molecule has 1 aliphatic heterocycles. The molecule has 2 aromatic rings. The third kappa shape index (κ3) is 1.42. The highest BCUT2D eigenvalue weighted by atomic mass is 16.5. The zero-order valence-electron chi connectivity index (χ0n) is 8.36. The van der Waals surface area contributed by atoms with Gasteiger partial charge in [0.05, 0.1) is 11.4 Å². The van der Waals surface area contributed by atoms with Crippen LogP contribution in [-0.2, 0) is 4.79 Å². The van der Waals surface area contributed by atoms with Crippen LogP contribution in [0, 0.1) is 0 Å². The topological polar surface area (TPSA) is 67.0 Å². The van der Waals surface area contributed by atoms with Gasteiger partial charge in [-0.2, -0.15) is 5.10 Å². The highest BCUT2D eigenvalue weighted by molar-refractivity contribution is 5.96. The number of H-pyrrole nitrogens is 1. The molecule has 0 spiro atoms. The predicted octanol–water partition coefficient (Wildman–Crippen LogP) is 1.41. The minimum Gasteiger partial charge on any atom is -0.482 e. The molecule has 0 fully saturated rings. The smallest absolute Gasteiger partial charge is 0.262 e. The van der Waals surface area contributed by atoms with Gasteiger partial charge in [0.25, 0.3) is 5.91 Å². The Bertz CT molecular complexity index is 534. The number of carbonyl (C=O) groups excluding carboxylic acids is 1. The molecule has 0 bridgehead atoms. The molecule has 16 heavy (non-hydrogen) atoms. The van der Waals surface area contributed by atoms with Crippen LogP contribution in [0.25, 0.3) is 11.3 Å². The molecule has 1 aromatic heterocycles. The van der Waals surface area contributed by atoms with Crippen LogP contribution in [0.3, 0.4) is 0 Å². The summed E-state index contributed by atoms with van der Waals surface area (Å²) in [7, 11) is 0. The van der Waals surface area contributed by atoms with Crippen LogP contribution < -0.4 is 10.1 Å². The first-order valence-electron chi connectivity index (χ1n) is 4.90. The monoisotopic (exact) mass is 215 g/mol. The predicted molar refractivity (Wildman–Crippen MR) is 58.1 cm³/mol. The van der Waals surface area contributed by atoms with E-state index in [0.29, 0.717) is 11.4 Å². The van der Waals surface area contributed by atoms with E-state index in [9.17, 15) is 4.79 Å². The molecule has 5 nitrogen and oxygen atoms in total. The van der Waals surface area contributed by atoms with E-state index in [2.05, 4.69) is 15.5 Å². The molecule has 1 aromatic carbocycles. The Hall–Kier alpha value is -2.30. The zero-order chi connectivity index (χ0) is 11.0. The average Bonchev–Trinajstić information content (AvgIpc) is 2.81. The second kappa shape index (κ2) is 3.37. The van der Waals surface area contributed by atoms with Gasteiger partial charge in [0.15, 0.2) is 6.61 Å². The number of benzene rings is 1. The first kappa shape index (κ1) is 8.96. The molecule has 1 aliphatic rings. The molecule has 0 aliphatic carbocycles. The summed E-state index contributed by atoms with van der Waals surface area (Å²) < 4.78 is 5.27. The molecule has 1 amide bonds. The minimum atomic E-state index is -0.133. The summed E-state index contributed by atoms with van der Waals surface area (Å²) in [4.78, 5) is 11.2. The highest BCUT2D eigenvalue weighted by Crippen LogP contribution is 2.31. The van der Waals surface area contributed by atoms with Gasteiger partial charge in [0.1, 0.15) is 5.75 Å². The lowest BCUT2D eigenvalue weighted by molar-refractivity contribution is -0.118. The lowest BCUT2D eigenvalue weighted by Crippen LogP contribution is -2.25. The van der Waals surface area contributed by atoms with Crippen molar-refractivity contribution in [3.05, 3.63) is 30.5 Å². The SMILES string of the molecule is O=C1COc2ccc(-c3cc[nH]n3)cc2N1. The molecular weight excluding hydrogens is 206 g/mol. The number of rotatable bonds is 1. The van der Waals surface area contributed by atoms with Crippen LogP contribution in [0.2, 0.25) is 0 Å². The molecule has 0 atom stereocenters. The van der Waals surface area contributed by atoms with Crippen LogP contribution in [0.15, 0.2) is 30.5 Å². The van der Waals surface area contributed by atoms with Gasteiger partial charge in [-0.3, -0.25) is 9.89 Å². The molecule has 2 heterocycles.